The molecule has 2 heteroatoms. The van der Waals surface area contributed by atoms with Gasteiger partial charge in [0.25, 0.3) is 0 Å². The monoisotopic (exact) mass is 168 g/mol. The van der Waals surface area contributed by atoms with Crippen LogP contribution < -0.4 is 5.32 Å². The van der Waals surface area contributed by atoms with Crippen molar-refractivity contribution >= 4 is 0 Å². The molecule has 1 heterocycles. The lowest BCUT2D eigenvalue weighted by molar-refractivity contribution is 0.483. The fraction of sp³-hybridized carbons (Fsp3) is 0.900. The number of hydrogen-bond acceptors (Lipinski definition) is 2. The third-order valence-electron chi connectivity index (χ3n) is 2.08. The van der Waals surface area contributed by atoms with Gasteiger partial charge in [0.15, 0.2) is 0 Å². The van der Waals surface area contributed by atoms with E-state index in [1.54, 1.807) is 0 Å². The molecule has 1 rings (SSSR count). The minimum Gasteiger partial charge on any atom is -0.317 e. The highest BCUT2D eigenvalue weighted by Crippen LogP contribution is 2.15. The first-order valence-corrected chi connectivity index (χ1v) is 5.01. The first-order valence-electron chi connectivity index (χ1n) is 5.01. The van der Waals surface area contributed by atoms with Gasteiger partial charge in [-0.2, -0.15) is 5.26 Å². The number of nitrogens with one attached hydrogen (secondary N) is 1. The van der Waals surface area contributed by atoms with E-state index in [1.165, 1.54) is 19.3 Å². The number of hydrogen-bond donors (Lipinski definition) is 1. The van der Waals surface area contributed by atoms with Crippen LogP contribution in [0.3, 0.4) is 0 Å². The standard InChI is InChI=1S/C8H14N2.C2H6/c9-5-3-8-2-1-6-10-7-4-8;1-2/h8,10H,1-4,6-7H2;1-2H3. The van der Waals surface area contributed by atoms with E-state index < -0.39 is 0 Å². The molecular weight excluding hydrogens is 148 g/mol. The largest absolute Gasteiger partial charge is 0.317 e. The van der Waals surface area contributed by atoms with Crippen LogP contribution in [0.25, 0.3) is 0 Å². The molecule has 0 aromatic carbocycles. The second-order valence-electron chi connectivity index (χ2n) is 2.91. The van der Waals surface area contributed by atoms with Gasteiger partial charge in [0.1, 0.15) is 0 Å². The Morgan fingerprint density at radius 3 is 2.75 bits per heavy atom. The number of nitrogens with zero attached hydrogens (tertiary/aromatic N) is 1. The molecule has 0 aliphatic carbocycles. The molecule has 0 amide bonds. The van der Waals surface area contributed by atoms with Gasteiger partial charge in [-0.25, -0.2) is 0 Å². The van der Waals surface area contributed by atoms with E-state index in [-0.39, 0.29) is 0 Å². The zero-order chi connectivity index (χ0) is 9.23. The Morgan fingerprint density at radius 1 is 1.33 bits per heavy atom. The maximum absolute atomic E-state index is 8.44. The molecule has 1 unspecified atom stereocenters. The van der Waals surface area contributed by atoms with Gasteiger partial charge in [-0.05, 0) is 38.3 Å². The van der Waals surface area contributed by atoms with Crippen molar-refractivity contribution in [3.8, 4) is 6.07 Å². The van der Waals surface area contributed by atoms with Crippen LogP contribution in [-0.2, 0) is 0 Å². The summed E-state index contributed by atoms with van der Waals surface area (Å²) in [6, 6.07) is 2.24. The van der Waals surface area contributed by atoms with Crippen LogP contribution in [0.2, 0.25) is 0 Å². The first kappa shape index (κ1) is 11.4. The molecule has 12 heavy (non-hydrogen) atoms. The fourth-order valence-electron chi connectivity index (χ4n) is 1.42. The molecule has 0 radical (unpaired) electrons. The summed E-state index contributed by atoms with van der Waals surface area (Å²) in [5.41, 5.74) is 0. The Balaban J connectivity index is 0.000000561. The minimum atomic E-state index is 0.667. The van der Waals surface area contributed by atoms with Crippen LogP contribution in [0.5, 0.6) is 0 Å². The Morgan fingerprint density at radius 2 is 2.08 bits per heavy atom. The third-order valence-corrected chi connectivity index (χ3v) is 2.08. The Kier molecular flexibility index (Phi) is 8.15. The van der Waals surface area contributed by atoms with Crippen LogP contribution in [0.4, 0.5) is 0 Å². The maximum Gasteiger partial charge on any atom is 0.0624 e. The van der Waals surface area contributed by atoms with E-state index in [0.29, 0.717) is 5.92 Å². The third kappa shape index (κ3) is 5.15. The van der Waals surface area contributed by atoms with Crippen LogP contribution in [-0.4, -0.2) is 13.1 Å². The molecule has 1 aliphatic rings. The maximum atomic E-state index is 8.44. The van der Waals surface area contributed by atoms with Crippen molar-refractivity contribution < 1.29 is 0 Å². The van der Waals surface area contributed by atoms with Crippen molar-refractivity contribution in [2.75, 3.05) is 13.1 Å². The number of nitriles is 1. The summed E-state index contributed by atoms with van der Waals surface area (Å²) in [5.74, 6) is 0.667. The Hall–Kier alpha value is -0.550. The zero-order valence-electron chi connectivity index (χ0n) is 8.27. The lowest BCUT2D eigenvalue weighted by Gasteiger charge is -2.06. The topological polar surface area (TPSA) is 35.8 Å². The Bertz CT molecular complexity index is 118. The van der Waals surface area contributed by atoms with E-state index in [1.807, 2.05) is 13.8 Å². The molecule has 0 saturated carbocycles. The van der Waals surface area contributed by atoms with E-state index in [9.17, 15) is 0 Å². The second-order valence-corrected chi connectivity index (χ2v) is 2.91. The summed E-state index contributed by atoms with van der Waals surface area (Å²) in [4.78, 5) is 0. The summed E-state index contributed by atoms with van der Waals surface area (Å²) in [5, 5.41) is 11.8. The van der Waals surface area contributed by atoms with Crippen molar-refractivity contribution in [2.24, 2.45) is 5.92 Å². The number of rotatable bonds is 1. The molecule has 2 nitrogen and oxygen atoms in total. The van der Waals surface area contributed by atoms with Gasteiger partial charge in [0.2, 0.25) is 0 Å². The normalized spacial score (nSPS) is 22.9. The molecule has 0 aromatic rings. The van der Waals surface area contributed by atoms with Crippen LogP contribution in [0.15, 0.2) is 0 Å². The molecule has 0 bridgehead atoms. The molecule has 1 aliphatic heterocycles. The fourth-order valence-corrected chi connectivity index (χ4v) is 1.42. The van der Waals surface area contributed by atoms with E-state index >= 15 is 0 Å². The lowest BCUT2D eigenvalue weighted by atomic mass is 9.98. The highest BCUT2D eigenvalue weighted by atomic mass is 14.8. The lowest BCUT2D eigenvalue weighted by Crippen LogP contribution is -2.13. The van der Waals surface area contributed by atoms with Crippen LogP contribution in [0, 0.1) is 17.2 Å². The van der Waals surface area contributed by atoms with Crippen molar-refractivity contribution in [1.82, 2.24) is 5.32 Å². The van der Waals surface area contributed by atoms with Gasteiger partial charge in [-0.15, -0.1) is 0 Å². The van der Waals surface area contributed by atoms with Gasteiger partial charge in [0.05, 0.1) is 6.07 Å². The smallest absolute Gasteiger partial charge is 0.0624 e. The minimum absolute atomic E-state index is 0.667. The van der Waals surface area contributed by atoms with Crippen LogP contribution >= 0.6 is 0 Å². The van der Waals surface area contributed by atoms with E-state index in [0.717, 1.165) is 19.5 Å². The van der Waals surface area contributed by atoms with Gasteiger partial charge < -0.3 is 5.32 Å². The summed E-state index contributed by atoms with van der Waals surface area (Å²) in [6.07, 6.45) is 4.42. The average Bonchev–Trinajstić information content (AvgIpc) is 2.37. The predicted molar refractivity (Wildman–Crippen MR) is 51.8 cm³/mol. The summed E-state index contributed by atoms with van der Waals surface area (Å²) in [7, 11) is 0. The average molecular weight is 168 g/mol. The molecule has 70 valence electrons. The molecule has 0 spiro atoms. The van der Waals surface area contributed by atoms with E-state index in [2.05, 4.69) is 11.4 Å². The van der Waals surface area contributed by atoms with Crippen molar-refractivity contribution in [1.29, 1.82) is 5.26 Å². The Labute approximate surface area is 76.0 Å². The molecule has 1 saturated heterocycles. The molecule has 1 fully saturated rings. The quantitative estimate of drug-likeness (QED) is 0.652. The highest BCUT2D eigenvalue weighted by Gasteiger charge is 2.10. The highest BCUT2D eigenvalue weighted by molar-refractivity contribution is 4.77. The van der Waals surface area contributed by atoms with E-state index in [4.69, 9.17) is 5.26 Å². The molecular formula is C10H20N2. The van der Waals surface area contributed by atoms with Crippen molar-refractivity contribution in [3.05, 3.63) is 0 Å². The van der Waals surface area contributed by atoms with Gasteiger partial charge >= 0.3 is 0 Å². The first-order chi connectivity index (χ1) is 5.93. The molecule has 1 atom stereocenters. The van der Waals surface area contributed by atoms with Gasteiger partial charge in [-0.3, -0.25) is 0 Å². The summed E-state index contributed by atoms with van der Waals surface area (Å²) >= 11 is 0. The summed E-state index contributed by atoms with van der Waals surface area (Å²) < 4.78 is 0. The zero-order valence-corrected chi connectivity index (χ0v) is 8.27. The molecule has 1 N–H and O–H groups in total. The van der Waals surface area contributed by atoms with Crippen LogP contribution in [0.1, 0.15) is 39.5 Å². The van der Waals surface area contributed by atoms with Crippen molar-refractivity contribution in [2.45, 2.75) is 39.5 Å². The SMILES string of the molecule is CC.N#CCC1CCCNCC1. The summed E-state index contributed by atoms with van der Waals surface area (Å²) in [6.45, 7) is 6.24. The van der Waals surface area contributed by atoms with Crippen molar-refractivity contribution in [3.63, 3.8) is 0 Å². The van der Waals surface area contributed by atoms with Gasteiger partial charge in [0, 0.05) is 6.42 Å². The van der Waals surface area contributed by atoms with Gasteiger partial charge in [-0.1, -0.05) is 13.8 Å². The second kappa shape index (κ2) is 8.55. The molecule has 0 aromatic heterocycles. The predicted octanol–water partition coefficient (Wildman–Crippen LogP) is 2.32.